The Labute approximate surface area is 201 Å². The Balaban J connectivity index is 1.41. The number of hydrogen-bond donors (Lipinski definition) is 1. The predicted molar refractivity (Wildman–Crippen MR) is 128 cm³/mol. The molecule has 9 heteroatoms. The standard InChI is InChI=1S/C25H24FN3O4S/c1-2-29(15-23(30)28-19-9-10-21-22(14-19)33-13-12-32-21)25(31)20-4-3-11-27-24(20)34-16-17-5-7-18(26)8-6-17/h3-11,14H,2,12-13,15-16H2,1H3,(H,28,30). The molecule has 1 aliphatic rings. The lowest BCUT2D eigenvalue weighted by atomic mass is 10.2. The van der Waals surface area contributed by atoms with Crippen molar-refractivity contribution in [3.8, 4) is 11.5 Å². The van der Waals surface area contributed by atoms with Crippen LogP contribution in [0, 0.1) is 5.82 Å². The highest BCUT2D eigenvalue weighted by atomic mass is 32.2. The minimum absolute atomic E-state index is 0.110. The number of fused-ring (bicyclic) bond motifs is 1. The molecule has 34 heavy (non-hydrogen) atoms. The highest BCUT2D eigenvalue weighted by Gasteiger charge is 2.21. The van der Waals surface area contributed by atoms with Gasteiger partial charge in [-0.05, 0) is 48.9 Å². The number of rotatable bonds is 8. The molecular weight excluding hydrogens is 457 g/mol. The number of amides is 2. The van der Waals surface area contributed by atoms with Gasteiger partial charge in [-0.3, -0.25) is 9.59 Å². The fourth-order valence-corrected chi connectivity index (χ4v) is 4.34. The number of likely N-dealkylation sites (N-methyl/N-ethyl adjacent to an activating group) is 1. The van der Waals surface area contributed by atoms with Gasteiger partial charge in [-0.15, -0.1) is 11.8 Å². The van der Waals surface area contributed by atoms with Crippen molar-refractivity contribution in [2.45, 2.75) is 17.7 Å². The highest BCUT2D eigenvalue weighted by Crippen LogP contribution is 2.32. The van der Waals surface area contributed by atoms with Gasteiger partial charge >= 0.3 is 0 Å². The number of aromatic nitrogens is 1. The number of carbonyl (C=O) groups is 2. The van der Waals surface area contributed by atoms with Crippen molar-refractivity contribution in [2.75, 3.05) is 31.6 Å². The molecule has 1 N–H and O–H groups in total. The summed E-state index contributed by atoms with van der Waals surface area (Å²) in [5.41, 5.74) is 1.90. The molecule has 2 aromatic carbocycles. The molecule has 0 unspecified atom stereocenters. The van der Waals surface area contributed by atoms with Gasteiger partial charge in [-0.1, -0.05) is 12.1 Å². The lowest BCUT2D eigenvalue weighted by Crippen LogP contribution is -2.38. The Hall–Kier alpha value is -3.59. The van der Waals surface area contributed by atoms with Gasteiger partial charge in [-0.2, -0.15) is 0 Å². The third kappa shape index (κ3) is 5.85. The van der Waals surface area contributed by atoms with Crippen molar-refractivity contribution >= 4 is 29.3 Å². The van der Waals surface area contributed by atoms with E-state index in [2.05, 4.69) is 10.3 Å². The normalized spacial score (nSPS) is 12.2. The number of anilines is 1. The van der Waals surface area contributed by atoms with Crippen LogP contribution in [0.1, 0.15) is 22.8 Å². The van der Waals surface area contributed by atoms with Crippen molar-refractivity contribution < 1.29 is 23.5 Å². The van der Waals surface area contributed by atoms with Gasteiger partial charge in [0.05, 0.1) is 5.56 Å². The van der Waals surface area contributed by atoms with Gasteiger partial charge in [0.1, 0.15) is 30.6 Å². The van der Waals surface area contributed by atoms with E-state index in [1.165, 1.54) is 28.8 Å². The summed E-state index contributed by atoms with van der Waals surface area (Å²) < 4.78 is 24.2. The number of ether oxygens (including phenoxy) is 2. The summed E-state index contributed by atoms with van der Waals surface area (Å²) in [5.74, 6) is 0.845. The molecule has 1 aromatic heterocycles. The summed E-state index contributed by atoms with van der Waals surface area (Å²) in [4.78, 5) is 31.7. The lowest BCUT2D eigenvalue weighted by Gasteiger charge is -2.22. The van der Waals surface area contributed by atoms with Crippen LogP contribution in [0.15, 0.2) is 65.8 Å². The zero-order valence-electron chi connectivity index (χ0n) is 18.6. The van der Waals surface area contributed by atoms with Gasteiger partial charge in [0, 0.05) is 30.2 Å². The average Bonchev–Trinajstić information content (AvgIpc) is 2.86. The van der Waals surface area contributed by atoms with Crippen LogP contribution in [0.5, 0.6) is 11.5 Å². The van der Waals surface area contributed by atoms with E-state index in [0.29, 0.717) is 53.3 Å². The minimum atomic E-state index is -0.323. The third-order valence-corrected chi connectivity index (χ3v) is 6.20. The molecule has 0 fully saturated rings. The summed E-state index contributed by atoms with van der Waals surface area (Å²) >= 11 is 1.39. The summed E-state index contributed by atoms with van der Waals surface area (Å²) in [6.45, 7) is 3.00. The quantitative estimate of drug-likeness (QED) is 0.481. The van der Waals surface area contributed by atoms with E-state index < -0.39 is 0 Å². The summed E-state index contributed by atoms with van der Waals surface area (Å²) in [6, 6.07) is 14.8. The fourth-order valence-electron chi connectivity index (χ4n) is 3.39. The van der Waals surface area contributed by atoms with Crippen LogP contribution in [0.2, 0.25) is 0 Å². The van der Waals surface area contributed by atoms with Gasteiger partial charge < -0.3 is 19.7 Å². The van der Waals surface area contributed by atoms with Gasteiger partial charge in [0.25, 0.3) is 5.91 Å². The van der Waals surface area contributed by atoms with E-state index in [1.54, 1.807) is 48.7 Å². The van der Waals surface area contributed by atoms with Crippen molar-refractivity contribution in [2.24, 2.45) is 0 Å². The number of benzene rings is 2. The topological polar surface area (TPSA) is 80.8 Å². The number of carbonyl (C=O) groups excluding carboxylic acids is 2. The molecular formula is C25H24FN3O4S. The Bertz CT molecular complexity index is 1170. The van der Waals surface area contributed by atoms with Crippen LogP contribution in [-0.4, -0.2) is 48.0 Å². The summed E-state index contributed by atoms with van der Waals surface area (Å²) in [5, 5.41) is 3.37. The van der Waals surface area contributed by atoms with Gasteiger partial charge in [0.2, 0.25) is 5.91 Å². The zero-order valence-corrected chi connectivity index (χ0v) is 19.4. The fraction of sp³-hybridized carbons (Fsp3) is 0.240. The first-order valence-electron chi connectivity index (χ1n) is 10.8. The molecule has 0 radical (unpaired) electrons. The molecule has 0 saturated heterocycles. The molecule has 2 amide bonds. The van der Waals surface area contributed by atoms with E-state index in [0.717, 1.165) is 5.56 Å². The predicted octanol–water partition coefficient (Wildman–Crippen LogP) is 4.39. The van der Waals surface area contributed by atoms with Crippen molar-refractivity contribution in [3.63, 3.8) is 0 Å². The first-order chi connectivity index (χ1) is 16.5. The maximum absolute atomic E-state index is 13.2. The SMILES string of the molecule is CCN(CC(=O)Nc1ccc2c(c1)OCCO2)C(=O)c1cccnc1SCc1ccc(F)cc1. The number of nitrogens with zero attached hydrogens (tertiary/aromatic N) is 2. The third-order valence-electron chi connectivity index (χ3n) is 5.12. The second-order valence-corrected chi connectivity index (χ2v) is 8.46. The maximum atomic E-state index is 13.2. The van der Waals surface area contributed by atoms with E-state index in [-0.39, 0.29) is 24.2 Å². The zero-order chi connectivity index (χ0) is 23.9. The van der Waals surface area contributed by atoms with E-state index in [9.17, 15) is 14.0 Å². The number of pyridine rings is 1. The van der Waals surface area contributed by atoms with Gasteiger partial charge in [0.15, 0.2) is 11.5 Å². The first kappa shape index (κ1) is 23.6. The molecule has 1 aliphatic heterocycles. The van der Waals surface area contributed by atoms with E-state index >= 15 is 0 Å². The molecule has 0 saturated carbocycles. The molecule has 2 heterocycles. The Kier molecular flexibility index (Phi) is 7.64. The number of nitrogens with one attached hydrogen (secondary N) is 1. The molecule has 0 spiro atoms. The Morgan fingerprint density at radius 1 is 1.09 bits per heavy atom. The summed E-state index contributed by atoms with van der Waals surface area (Å²) in [6.07, 6.45) is 1.62. The van der Waals surface area contributed by atoms with E-state index in [4.69, 9.17) is 9.47 Å². The Morgan fingerprint density at radius 2 is 1.85 bits per heavy atom. The molecule has 3 aromatic rings. The lowest BCUT2D eigenvalue weighted by molar-refractivity contribution is -0.116. The number of halogens is 1. The highest BCUT2D eigenvalue weighted by molar-refractivity contribution is 7.98. The van der Waals surface area contributed by atoms with E-state index in [1.807, 2.05) is 6.92 Å². The second kappa shape index (κ2) is 11.0. The number of hydrogen-bond acceptors (Lipinski definition) is 6. The Morgan fingerprint density at radius 3 is 2.62 bits per heavy atom. The second-order valence-electron chi connectivity index (χ2n) is 7.50. The smallest absolute Gasteiger partial charge is 0.257 e. The molecule has 0 bridgehead atoms. The minimum Gasteiger partial charge on any atom is -0.486 e. The molecule has 0 aliphatic carbocycles. The van der Waals surface area contributed by atoms with Crippen molar-refractivity contribution in [3.05, 3.63) is 77.7 Å². The molecule has 7 nitrogen and oxygen atoms in total. The van der Waals surface area contributed by atoms with Crippen molar-refractivity contribution in [1.29, 1.82) is 0 Å². The largest absolute Gasteiger partial charge is 0.486 e. The van der Waals surface area contributed by atoms with Crippen LogP contribution in [0.4, 0.5) is 10.1 Å². The maximum Gasteiger partial charge on any atom is 0.257 e. The van der Waals surface area contributed by atoms with Crippen LogP contribution in [0.3, 0.4) is 0 Å². The molecule has 4 rings (SSSR count). The van der Waals surface area contributed by atoms with Gasteiger partial charge in [-0.25, -0.2) is 9.37 Å². The number of thioether (sulfide) groups is 1. The monoisotopic (exact) mass is 481 g/mol. The summed E-state index contributed by atoms with van der Waals surface area (Å²) in [7, 11) is 0. The van der Waals surface area contributed by atoms with Crippen LogP contribution in [0.25, 0.3) is 0 Å². The van der Waals surface area contributed by atoms with Crippen LogP contribution < -0.4 is 14.8 Å². The molecule has 176 valence electrons. The van der Waals surface area contributed by atoms with Crippen LogP contribution in [-0.2, 0) is 10.5 Å². The average molecular weight is 482 g/mol. The molecule has 0 atom stereocenters. The first-order valence-corrected chi connectivity index (χ1v) is 11.8. The van der Waals surface area contributed by atoms with Crippen molar-refractivity contribution in [1.82, 2.24) is 9.88 Å². The van der Waals surface area contributed by atoms with Crippen LogP contribution >= 0.6 is 11.8 Å².